The van der Waals surface area contributed by atoms with Crippen LogP contribution in [0.5, 0.6) is 0 Å². The molecular weight excluding hydrogens is 304 g/mol. The molecule has 24 heavy (non-hydrogen) atoms. The van der Waals surface area contributed by atoms with E-state index in [0.717, 1.165) is 19.5 Å². The SMILES string of the molecule is CC(C)c1cccc(N2CC[C@@H](O/N=[N+](/[O-])N(C)C(C)(C)C)C2)c1. The first-order valence-electron chi connectivity index (χ1n) is 8.61. The van der Waals surface area contributed by atoms with Crippen LogP contribution in [0.4, 0.5) is 5.69 Å². The quantitative estimate of drug-likeness (QED) is 0.465. The van der Waals surface area contributed by atoms with Gasteiger partial charge in [-0.25, -0.2) is 0 Å². The highest BCUT2D eigenvalue weighted by atomic mass is 16.7. The monoisotopic (exact) mass is 334 g/mol. The molecule has 134 valence electrons. The number of nitrogens with zero attached hydrogens (tertiary/aromatic N) is 4. The second kappa shape index (κ2) is 7.28. The molecule has 0 spiro atoms. The van der Waals surface area contributed by atoms with Crippen molar-refractivity contribution < 1.29 is 9.81 Å². The van der Waals surface area contributed by atoms with Crippen molar-refractivity contribution in [2.75, 3.05) is 25.0 Å². The van der Waals surface area contributed by atoms with E-state index < -0.39 is 0 Å². The predicted octanol–water partition coefficient (Wildman–Crippen LogP) is 3.93. The fourth-order valence-electron chi connectivity index (χ4n) is 2.55. The minimum absolute atomic E-state index is 0.0578. The summed E-state index contributed by atoms with van der Waals surface area (Å²) < 4.78 is 0. The van der Waals surface area contributed by atoms with Gasteiger partial charge in [0, 0.05) is 18.7 Å². The van der Waals surface area contributed by atoms with Gasteiger partial charge in [0.1, 0.15) is 0 Å². The lowest BCUT2D eigenvalue weighted by atomic mass is 10.0. The van der Waals surface area contributed by atoms with Crippen LogP contribution in [-0.4, -0.2) is 41.8 Å². The fraction of sp³-hybridized carbons (Fsp3) is 0.667. The van der Waals surface area contributed by atoms with E-state index in [1.807, 2.05) is 20.8 Å². The average Bonchev–Trinajstić information content (AvgIpc) is 3.00. The lowest BCUT2D eigenvalue weighted by Gasteiger charge is -2.26. The number of hydrogen-bond acceptors (Lipinski definition) is 4. The first-order valence-corrected chi connectivity index (χ1v) is 8.61. The van der Waals surface area contributed by atoms with Crippen molar-refractivity contribution in [1.29, 1.82) is 0 Å². The smallest absolute Gasteiger partial charge is 0.233 e. The third-order valence-corrected chi connectivity index (χ3v) is 4.54. The molecule has 1 fully saturated rings. The van der Waals surface area contributed by atoms with Gasteiger partial charge in [0.2, 0.25) is 5.28 Å². The fourth-order valence-corrected chi connectivity index (χ4v) is 2.55. The molecule has 0 amide bonds. The maximum absolute atomic E-state index is 12.0. The molecule has 0 aromatic heterocycles. The first-order chi connectivity index (χ1) is 11.2. The minimum Gasteiger partial charge on any atom is -0.569 e. The Morgan fingerprint density at radius 2 is 2.08 bits per heavy atom. The van der Waals surface area contributed by atoms with Gasteiger partial charge in [0.15, 0.2) is 6.10 Å². The van der Waals surface area contributed by atoms with Gasteiger partial charge in [-0.2, -0.15) is 0 Å². The summed E-state index contributed by atoms with van der Waals surface area (Å²) in [7, 11) is 1.71. The van der Waals surface area contributed by atoms with Gasteiger partial charge in [-0.1, -0.05) is 26.0 Å². The third kappa shape index (κ3) is 4.52. The Balaban J connectivity index is 1.95. The normalized spacial score (nSPS) is 19.0. The van der Waals surface area contributed by atoms with Crippen LogP contribution in [0, 0.1) is 5.21 Å². The van der Waals surface area contributed by atoms with E-state index in [-0.39, 0.29) is 11.6 Å². The van der Waals surface area contributed by atoms with E-state index >= 15 is 0 Å². The summed E-state index contributed by atoms with van der Waals surface area (Å²) in [5.74, 6) is 0.511. The van der Waals surface area contributed by atoms with Gasteiger partial charge in [0.25, 0.3) is 0 Å². The highest BCUT2D eigenvalue weighted by Gasteiger charge is 2.27. The van der Waals surface area contributed by atoms with Crippen molar-refractivity contribution in [1.82, 2.24) is 5.01 Å². The molecule has 1 saturated heterocycles. The van der Waals surface area contributed by atoms with Gasteiger partial charge < -0.3 is 14.9 Å². The van der Waals surface area contributed by atoms with Gasteiger partial charge in [-0.05, 0) is 44.4 Å². The minimum atomic E-state index is -0.298. The standard InChI is InChI=1S/C18H30N4O2/c1-14(2)15-8-7-9-16(12-15)21-11-10-17(13-21)24-19-22(23)20(6)18(3,4)5/h7-9,12,14,17H,10-11,13H2,1-6H3/b22-19+/t17-/m1/s1. The molecule has 1 aliphatic rings. The largest absolute Gasteiger partial charge is 0.569 e. The molecule has 0 aliphatic carbocycles. The van der Waals surface area contributed by atoms with E-state index in [1.165, 1.54) is 16.3 Å². The van der Waals surface area contributed by atoms with E-state index in [2.05, 4.69) is 48.3 Å². The predicted molar refractivity (Wildman–Crippen MR) is 95.8 cm³/mol. The lowest BCUT2D eigenvalue weighted by Crippen LogP contribution is -2.42. The molecular formula is C18H30N4O2. The maximum Gasteiger partial charge on any atom is 0.233 e. The Morgan fingerprint density at radius 1 is 1.38 bits per heavy atom. The van der Waals surface area contributed by atoms with Crippen LogP contribution in [0.15, 0.2) is 29.5 Å². The Hall–Kier alpha value is -1.98. The van der Waals surface area contributed by atoms with Crippen molar-refractivity contribution in [3.8, 4) is 0 Å². The summed E-state index contributed by atoms with van der Waals surface area (Å²) in [6.45, 7) is 11.9. The first kappa shape index (κ1) is 18.4. The third-order valence-electron chi connectivity index (χ3n) is 4.54. The Morgan fingerprint density at radius 3 is 2.71 bits per heavy atom. The van der Waals surface area contributed by atoms with E-state index in [4.69, 9.17) is 4.84 Å². The van der Waals surface area contributed by atoms with Crippen LogP contribution in [0.3, 0.4) is 0 Å². The topological polar surface area (TPSA) is 54.1 Å². The second-order valence-corrected chi connectivity index (χ2v) is 7.74. The zero-order valence-corrected chi connectivity index (χ0v) is 15.7. The molecule has 0 bridgehead atoms. The molecule has 1 atom stereocenters. The summed E-state index contributed by atoms with van der Waals surface area (Å²) in [6.07, 6.45) is 0.806. The summed E-state index contributed by atoms with van der Waals surface area (Å²) in [5, 5.41) is 17.2. The highest BCUT2D eigenvalue weighted by molar-refractivity contribution is 5.50. The summed E-state index contributed by atoms with van der Waals surface area (Å²) in [5.41, 5.74) is 2.24. The summed E-state index contributed by atoms with van der Waals surface area (Å²) in [4.78, 5) is 8.28. The molecule has 2 rings (SSSR count). The van der Waals surface area contributed by atoms with Crippen molar-refractivity contribution in [3.63, 3.8) is 0 Å². The van der Waals surface area contributed by atoms with Crippen molar-refractivity contribution in [2.24, 2.45) is 5.28 Å². The van der Waals surface area contributed by atoms with E-state index in [1.54, 1.807) is 7.05 Å². The Labute approximate surface area is 145 Å². The molecule has 1 heterocycles. The van der Waals surface area contributed by atoms with Crippen LogP contribution >= 0.6 is 0 Å². The number of rotatable bonds is 5. The molecule has 0 unspecified atom stereocenters. The van der Waals surface area contributed by atoms with E-state index in [9.17, 15) is 5.21 Å². The number of hydrazine groups is 1. The summed E-state index contributed by atoms with van der Waals surface area (Å²) >= 11 is 0. The van der Waals surface area contributed by atoms with Crippen LogP contribution in [0.2, 0.25) is 0 Å². The lowest BCUT2D eigenvalue weighted by molar-refractivity contribution is -0.720. The zero-order valence-electron chi connectivity index (χ0n) is 15.7. The number of benzene rings is 1. The second-order valence-electron chi connectivity index (χ2n) is 7.74. The molecule has 1 aromatic carbocycles. The summed E-state index contributed by atoms with van der Waals surface area (Å²) in [6, 6.07) is 8.61. The van der Waals surface area contributed by atoms with Crippen LogP contribution in [0.1, 0.15) is 52.5 Å². The van der Waals surface area contributed by atoms with E-state index in [0.29, 0.717) is 10.9 Å². The molecule has 1 aromatic rings. The number of hydrogen-bond donors (Lipinski definition) is 0. The van der Waals surface area contributed by atoms with Crippen molar-refractivity contribution in [3.05, 3.63) is 35.0 Å². The molecule has 6 nitrogen and oxygen atoms in total. The van der Waals surface area contributed by atoms with Gasteiger partial charge >= 0.3 is 0 Å². The van der Waals surface area contributed by atoms with Gasteiger partial charge in [-0.15, -0.1) is 5.01 Å². The van der Waals surface area contributed by atoms with Crippen LogP contribution in [0.25, 0.3) is 0 Å². The molecule has 0 radical (unpaired) electrons. The van der Waals surface area contributed by atoms with Crippen LogP contribution < -0.4 is 4.90 Å². The van der Waals surface area contributed by atoms with Crippen molar-refractivity contribution in [2.45, 2.75) is 58.6 Å². The highest BCUT2D eigenvalue weighted by Crippen LogP contribution is 2.25. The van der Waals surface area contributed by atoms with Gasteiger partial charge in [-0.3, -0.25) is 0 Å². The van der Waals surface area contributed by atoms with Crippen molar-refractivity contribution >= 4 is 5.69 Å². The molecule has 0 N–H and O–H groups in total. The number of anilines is 1. The molecule has 6 heteroatoms. The van der Waals surface area contributed by atoms with Gasteiger partial charge in [0.05, 0.1) is 24.1 Å². The molecule has 0 saturated carbocycles. The molecule has 1 aliphatic heterocycles. The Kier molecular flexibility index (Phi) is 5.57. The average molecular weight is 334 g/mol. The zero-order chi connectivity index (χ0) is 17.9. The van der Waals surface area contributed by atoms with Crippen LogP contribution in [-0.2, 0) is 4.84 Å². The maximum atomic E-state index is 12.0. The Bertz CT molecular complexity index is 581.